The summed E-state index contributed by atoms with van der Waals surface area (Å²) in [5.41, 5.74) is 2.30. The molecule has 0 radical (unpaired) electrons. The Balaban J connectivity index is 1.32. The average molecular weight is 422 g/mol. The monoisotopic (exact) mass is 421 g/mol. The fourth-order valence-electron chi connectivity index (χ4n) is 3.79. The summed E-state index contributed by atoms with van der Waals surface area (Å²) in [6, 6.07) is 22.3. The molecule has 4 rings (SSSR count). The molecule has 5 nitrogen and oxygen atoms in total. The molecule has 0 spiro atoms. The van der Waals surface area contributed by atoms with Gasteiger partial charge in [-0.25, -0.2) is 0 Å². The standard InChI is InChI=1S/C24H27N3O2S/c1-29-21-11-9-20(10-12-21)27-15-13-26(14-16-27)18-23(28)25-24(22-8-5-17-30-22)19-6-3-2-4-7-19/h2-12,17,24H,13-16,18H2,1H3,(H,25,28)/t24-/m0/s1. The molecule has 30 heavy (non-hydrogen) atoms. The maximum atomic E-state index is 12.8. The highest BCUT2D eigenvalue weighted by molar-refractivity contribution is 7.10. The number of carbonyl (C=O) groups excluding carboxylic acids is 1. The van der Waals surface area contributed by atoms with E-state index in [0.29, 0.717) is 6.54 Å². The van der Waals surface area contributed by atoms with Crippen molar-refractivity contribution in [3.05, 3.63) is 82.6 Å². The van der Waals surface area contributed by atoms with Gasteiger partial charge in [0.05, 0.1) is 19.7 Å². The number of hydrogen-bond acceptors (Lipinski definition) is 5. The Morgan fingerprint density at radius 2 is 1.73 bits per heavy atom. The predicted molar refractivity (Wildman–Crippen MR) is 122 cm³/mol. The zero-order valence-electron chi connectivity index (χ0n) is 17.2. The Morgan fingerprint density at radius 1 is 1.00 bits per heavy atom. The van der Waals surface area contributed by atoms with E-state index in [2.05, 4.69) is 50.8 Å². The number of amides is 1. The molecular weight excluding hydrogens is 394 g/mol. The number of rotatable bonds is 7. The first-order chi connectivity index (χ1) is 14.7. The molecular formula is C24H27N3O2S. The van der Waals surface area contributed by atoms with Crippen molar-refractivity contribution in [2.75, 3.05) is 44.7 Å². The fraction of sp³-hybridized carbons (Fsp3) is 0.292. The fourth-order valence-corrected chi connectivity index (χ4v) is 4.59. The van der Waals surface area contributed by atoms with Crippen LogP contribution < -0.4 is 15.0 Å². The predicted octanol–water partition coefficient (Wildman–Crippen LogP) is 3.78. The van der Waals surface area contributed by atoms with E-state index < -0.39 is 0 Å². The minimum Gasteiger partial charge on any atom is -0.497 e. The molecule has 6 heteroatoms. The maximum Gasteiger partial charge on any atom is 0.234 e. The summed E-state index contributed by atoms with van der Waals surface area (Å²) in [5.74, 6) is 0.933. The van der Waals surface area contributed by atoms with Crippen molar-refractivity contribution in [2.24, 2.45) is 0 Å². The van der Waals surface area contributed by atoms with E-state index in [9.17, 15) is 4.79 Å². The van der Waals surface area contributed by atoms with Gasteiger partial charge in [-0.05, 0) is 41.3 Å². The number of nitrogens with zero attached hydrogens (tertiary/aromatic N) is 2. The molecule has 1 N–H and O–H groups in total. The molecule has 0 saturated carbocycles. The molecule has 1 aliphatic heterocycles. The Labute approximate surface area is 181 Å². The zero-order chi connectivity index (χ0) is 20.8. The van der Waals surface area contributed by atoms with E-state index in [4.69, 9.17) is 4.74 Å². The van der Waals surface area contributed by atoms with Crippen LogP contribution in [0, 0.1) is 0 Å². The lowest BCUT2D eigenvalue weighted by Gasteiger charge is -2.36. The number of thiophene rings is 1. The molecule has 2 heterocycles. The van der Waals surface area contributed by atoms with Gasteiger partial charge in [0.15, 0.2) is 0 Å². The topological polar surface area (TPSA) is 44.8 Å². The molecule has 0 aliphatic carbocycles. The van der Waals surface area contributed by atoms with E-state index in [1.54, 1.807) is 18.4 Å². The van der Waals surface area contributed by atoms with Crippen molar-refractivity contribution in [2.45, 2.75) is 6.04 Å². The molecule has 1 saturated heterocycles. The molecule has 1 aliphatic rings. The Morgan fingerprint density at radius 3 is 2.37 bits per heavy atom. The minimum atomic E-state index is -0.0979. The van der Waals surface area contributed by atoms with Crippen LogP contribution in [0.4, 0.5) is 5.69 Å². The molecule has 1 aromatic heterocycles. The number of benzene rings is 2. The minimum absolute atomic E-state index is 0.0650. The third kappa shape index (κ3) is 5.01. The first-order valence-electron chi connectivity index (χ1n) is 10.2. The van der Waals surface area contributed by atoms with Crippen LogP contribution in [0.1, 0.15) is 16.5 Å². The van der Waals surface area contributed by atoms with Gasteiger partial charge < -0.3 is 15.0 Å². The smallest absolute Gasteiger partial charge is 0.234 e. The first-order valence-corrected chi connectivity index (χ1v) is 11.1. The van der Waals surface area contributed by atoms with E-state index >= 15 is 0 Å². The van der Waals surface area contributed by atoms with Crippen molar-refractivity contribution in [3.8, 4) is 5.75 Å². The highest BCUT2D eigenvalue weighted by atomic mass is 32.1. The first kappa shape index (κ1) is 20.4. The summed E-state index contributed by atoms with van der Waals surface area (Å²) >= 11 is 1.67. The van der Waals surface area contributed by atoms with Gasteiger partial charge in [0.2, 0.25) is 5.91 Å². The van der Waals surface area contributed by atoms with Crippen molar-refractivity contribution < 1.29 is 9.53 Å². The van der Waals surface area contributed by atoms with Gasteiger partial charge in [-0.1, -0.05) is 36.4 Å². The molecule has 2 aromatic carbocycles. The van der Waals surface area contributed by atoms with Crippen molar-refractivity contribution in [1.82, 2.24) is 10.2 Å². The summed E-state index contributed by atoms with van der Waals surface area (Å²) < 4.78 is 5.24. The third-order valence-electron chi connectivity index (χ3n) is 5.44. The second kappa shape index (κ2) is 9.78. The Bertz CT molecular complexity index is 921. The van der Waals surface area contributed by atoms with Crippen LogP contribution in [0.5, 0.6) is 5.75 Å². The van der Waals surface area contributed by atoms with Crippen LogP contribution in [0.25, 0.3) is 0 Å². The molecule has 0 unspecified atom stereocenters. The van der Waals surface area contributed by atoms with Gasteiger partial charge in [-0.2, -0.15) is 0 Å². The Hall–Kier alpha value is -2.83. The van der Waals surface area contributed by atoms with Crippen molar-refractivity contribution in [3.63, 3.8) is 0 Å². The lowest BCUT2D eigenvalue weighted by atomic mass is 10.1. The third-order valence-corrected chi connectivity index (χ3v) is 6.38. The van der Waals surface area contributed by atoms with Crippen LogP contribution in [-0.2, 0) is 4.79 Å². The van der Waals surface area contributed by atoms with Crippen LogP contribution in [0.2, 0.25) is 0 Å². The summed E-state index contributed by atoms with van der Waals surface area (Å²) in [5, 5.41) is 5.29. The molecule has 1 atom stereocenters. The second-order valence-electron chi connectivity index (χ2n) is 7.39. The molecule has 1 fully saturated rings. The van der Waals surface area contributed by atoms with Crippen molar-refractivity contribution >= 4 is 22.9 Å². The van der Waals surface area contributed by atoms with Gasteiger partial charge in [0.25, 0.3) is 0 Å². The number of hydrogen-bond donors (Lipinski definition) is 1. The zero-order valence-corrected chi connectivity index (χ0v) is 18.0. The summed E-state index contributed by atoms with van der Waals surface area (Å²) in [7, 11) is 1.68. The summed E-state index contributed by atoms with van der Waals surface area (Å²) in [6.07, 6.45) is 0. The molecule has 3 aromatic rings. The molecule has 156 valence electrons. The second-order valence-corrected chi connectivity index (χ2v) is 8.37. The van der Waals surface area contributed by atoms with E-state index in [-0.39, 0.29) is 11.9 Å². The van der Waals surface area contributed by atoms with Gasteiger partial charge >= 0.3 is 0 Å². The largest absolute Gasteiger partial charge is 0.497 e. The molecule has 0 bridgehead atoms. The lowest BCUT2D eigenvalue weighted by Crippen LogP contribution is -2.49. The normalized spacial score (nSPS) is 15.6. The number of carbonyl (C=O) groups is 1. The molecule has 1 amide bonds. The van der Waals surface area contributed by atoms with Crippen molar-refractivity contribution in [1.29, 1.82) is 0 Å². The number of methoxy groups -OCH3 is 1. The highest BCUT2D eigenvalue weighted by Gasteiger charge is 2.22. The number of nitrogens with one attached hydrogen (secondary N) is 1. The SMILES string of the molecule is COc1ccc(N2CCN(CC(=O)N[C@@H](c3ccccc3)c3cccs3)CC2)cc1. The summed E-state index contributed by atoms with van der Waals surface area (Å²) in [4.78, 5) is 18.6. The van der Waals surface area contributed by atoms with Crippen LogP contribution >= 0.6 is 11.3 Å². The number of ether oxygens (including phenoxy) is 1. The van der Waals surface area contributed by atoms with Crippen LogP contribution in [0.15, 0.2) is 72.1 Å². The number of anilines is 1. The average Bonchev–Trinajstić information content (AvgIpc) is 3.33. The highest BCUT2D eigenvalue weighted by Crippen LogP contribution is 2.26. The Kier molecular flexibility index (Phi) is 6.67. The van der Waals surface area contributed by atoms with Gasteiger partial charge in [0.1, 0.15) is 5.75 Å². The van der Waals surface area contributed by atoms with Crippen LogP contribution in [-0.4, -0.2) is 50.6 Å². The quantitative estimate of drug-likeness (QED) is 0.631. The van der Waals surface area contributed by atoms with E-state index in [0.717, 1.165) is 42.4 Å². The van der Waals surface area contributed by atoms with Gasteiger partial charge in [-0.15, -0.1) is 11.3 Å². The van der Waals surface area contributed by atoms with E-state index in [1.807, 2.05) is 36.4 Å². The maximum absolute atomic E-state index is 12.8. The number of piperazine rings is 1. The van der Waals surface area contributed by atoms with Crippen LogP contribution in [0.3, 0.4) is 0 Å². The summed E-state index contributed by atoms with van der Waals surface area (Å²) in [6.45, 7) is 3.98. The van der Waals surface area contributed by atoms with Gasteiger partial charge in [0, 0.05) is 36.7 Å². The van der Waals surface area contributed by atoms with E-state index in [1.165, 1.54) is 5.69 Å². The lowest BCUT2D eigenvalue weighted by molar-refractivity contribution is -0.122. The van der Waals surface area contributed by atoms with Gasteiger partial charge in [-0.3, -0.25) is 9.69 Å².